The number of aliphatic hydroxyl groups excluding tert-OH is 1. The van der Waals surface area contributed by atoms with Crippen molar-refractivity contribution in [3.8, 4) is 28.7 Å². The van der Waals surface area contributed by atoms with Crippen LogP contribution >= 0.6 is 11.6 Å². The summed E-state index contributed by atoms with van der Waals surface area (Å²) < 4.78 is 0. The van der Waals surface area contributed by atoms with Crippen LogP contribution in [0.4, 0.5) is 0 Å². The Kier molecular flexibility index (Phi) is 5.01. The van der Waals surface area contributed by atoms with Crippen LogP contribution < -0.4 is 0 Å². The maximum absolute atomic E-state index is 10.1. The Labute approximate surface area is 143 Å². The van der Waals surface area contributed by atoms with Gasteiger partial charge in [-0.05, 0) is 29.7 Å². The van der Waals surface area contributed by atoms with Crippen LogP contribution in [0.2, 0.25) is 5.02 Å². The molecule has 6 N–H and O–H groups in total. The molecule has 1 unspecified atom stereocenters. The summed E-state index contributed by atoms with van der Waals surface area (Å²) in [6.45, 7) is 4.00. The third-order valence-electron chi connectivity index (χ3n) is 4.00. The zero-order valence-electron chi connectivity index (χ0n) is 13.2. The Morgan fingerprint density at radius 2 is 1.33 bits per heavy atom. The average molecular weight is 355 g/mol. The monoisotopic (exact) mass is 354 g/mol. The number of benzene rings is 2. The average Bonchev–Trinajstić information content (AvgIpc) is 2.89. The molecule has 0 bridgehead atoms. The molecule has 1 aliphatic rings. The summed E-state index contributed by atoms with van der Waals surface area (Å²) in [5.74, 6) is -5.02. The predicted molar refractivity (Wildman–Crippen MR) is 89.0 cm³/mol. The molecule has 3 rings (SSSR count). The largest absolute Gasteiger partial charge is 0.504 e. The minimum absolute atomic E-state index is 0.125. The summed E-state index contributed by atoms with van der Waals surface area (Å²) in [5.41, 5.74) is 0.989. The zero-order chi connectivity index (χ0) is 18.2. The Hall–Kier alpha value is -2.31. The molecule has 1 aliphatic carbocycles. The lowest BCUT2D eigenvalue weighted by molar-refractivity contribution is 0.175. The highest BCUT2D eigenvalue weighted by atomic mass is 35.5. The van der Waals surface area contributed by atoms with Crippen molar-refractivity contribution in [1.82, 2.24) is 0 Å². The molecule has 2 aromatic rings. The predicted octanol–water partition coefficient (Wildman–Crippen LogP) is 3.46. The van der Waals surface area contributed by atoms with E-state index in [0.717, 1.165) is 0 Å². The number of rotatable bonds is 1. The van der Waals surface area contributed by atoms with E-state index in [1.54, 1.807) is 18.2 Å². The van der Waals surface area contributed by atoms with Gasteiger partial charge in [0.2, 0.25) is 17.2 Å². The van der Waals surface area contributed by atoms with Crippen molar-refractivity contribution in [1.29, 1.82) is 0 Å². The van der Waals surface area contributed by atoms with Crippen molar-refractivity contribution in [3.05, 3.63) is 39.9 Å². The molecular formula is C17H19ClO6. The molecule has 0 spiro atoms. The minimum Gasteiger partial charge on any atom is -0.504 e. The lowest BCUT2D eigenvalue weighted by Crippen LogP contribution is -1.99. The normalized spacial score (nSPS) is 18.7. The second-order valence-corrected chi connectivity index (χ2v) is 5.67. The van der Waals surface area contributed by atoms with Gasteiger partial charge in [0.05, 0.1) is 11.7 Å². The molecule has 0 fully saturated rings. The second-order valence-electron chi connectivity index (χ2n) is 5.23. The van der Waals surface area contributed by atoms with Gasteiger partial charge in [0.25, 0.3) is 0 Å². The molecule has 0 heterocycles. The molecule has 24 heavy (non-hydrogen) atoms. The smallest absolute Gasteiger partial charge is 0.208 e. The van der Waals surface area contributed by atoms with Crippen molar-refractivity contribution >= 4 is 11.6 Å². The van der Waals surface area contributed by atoms with E-state index in [1.165, 1.54) is 0 Å². The lowest BCUT2D eigenvalue weighted by atomic mass is 9.90. The van der Waals surface area contributed by atoms with Gasteiger partial charge in [0.1, 0.15) is 0 Å². The van der Waals surface area contributed by atoms with Crippen LogP contribution in [0, 0.1) is 0 Å². The van der Waals surface area contributed by atoms with Crippen molar-refractivity contribution < 1.29 is 30.6 Å². The van der Waals surface area contributed by atoms with Crippen LogP contribution in [0.15, 0.2) is 18.2 Å². The Morgan fingerprint density at radius 1 is 0.833 bits per heavy atom. The molecule has 0 aromatic heterocycles. The summed E-state index contributed by atoms with van der Waals surface area (Å²) in [5, 5.41) is 59.3. The Morgan fingerprint density at radius 3 is 1.88 bits per heavy atom. The van der Waals surface area contributed by atoms with Gasteiger partial charge >= 0.3 is 0 Å². The molecule has 0 aliphatic heterocycles. The van der Waals surface area contributed by atoms with E-state index in [1.807, 2.05) is 13.8 Å². The highest BCUT2D eigenvalue weighted by Gasteiger charge is 2.37. The van der Waals surface area contributed by atoms with Crippen molar-refractivity contribution in [3.63, 3.8) is 0 Å². The van der Waals surface area contributed by atoms with E-state index in [0.29, 0.717) is 16.1 Å². The highest BCUT2D eigenvalue weighted by molar-refractivity contribution is 6.30. The fourth-order valence-electron chi connectivity index (χ4n) is 2.94. The van der Waals surface area contributed by atoms with E-state index in [-0.39, 0.29) is 12.0 Å². The topological polar surface area (TPSA) is 121 Å². The van der Waals surface area contributed by atoms with Crippen LogP contribution in [0.3, 0.4) is 0 Å². The first-order chi connectivity index (χ1) is 11.3. The molecule has 2 atom stereocenters. The van der Waals surface area contributed by atoms with Crippen LogP contribution in [0.1, 0.15) is 49.0 Å². The first-order valence-corrected chi connectivity index (χ1v) is 7.86. The van der Waals surface area contributed by atoms with E-state index in [9.17, 15) is 30.6 Å². The van der Waals surface area contributed by atoms with Gasteiger partial charge in [0.15, 0.2) is 11.5 Å². The van der Waals surface area contributed by atoms with Gasteiger partial charge in [-0.1, -0.05) is 31.5 Å². The highest BCUT2D eigenvalue weighted by Crippen LogP contribution is 2.57. The molecule has 0 radical (unpaired) electrons. The minimum atomic E-state index is -1.01. The van der Waals surface area contributed by atoms with Gasteiger partial charge in [0, 0.05) is 10.9 Å². The van der Waals surface area contributed by atoms with E-state index < -0.39 is 40.8 Å². The Balaban J connectivity index is 0.00000100. The summed E-state index contributed by atoms with van der Waals surface area (Å²) in [7, 11) is 0. The fraction of sp³-hybridized carbons (Fsp3) is 0.294. The number of phenols is 5. The first kappa shape index (κ1) is 18.0. The summed E-state index contributed by atoms with van der Waals surface area (Å²) in [6.07, 6.45) is -0.740. The first-order valence-electron chi connectivity index (χ1n) is 7.49. The SMILES string of the molecule is CC.Oc1c(O)c(O)c([C@@H]2CC(O)c3cc(Cl)ccc32)c(O)c1O. The van der Waals surface area contributed by atoms with Gasteiger partial charge in [-0.25, -0.2) is 0 Å². The molecule has 7 heteroatoms. The maximum atomic E-state index is 10.1. The fourth-order valence-corrected chi connectivity index (χ4v) is 3.12. The maximum Gasteiger partial charge on any atom is 0.208 e. The summed E-state index contributed by atoms with van der Waals surface area (Å²) in [4.78, 5) is 0. The Bertz CT molecular complexity index is 745. The molecule has 0 amide bonds. The van der Waals surface area contributed by atoms with Crippen LogP contribution in [0.25, 0.3) is 0 Å². The zero-order valence-corrected chi connectivity index (χ0v) is 13.9. The van der Waals surface area contributed by atoms with Gasteiger partial charge in [-0.15, -0.1) is 0 Å². The third kappa shape index (κ3) is 2.68. The summed E-state index contributed by atoms with van der Waals surface area (Å²) in [6, 6.07) is 4.81. The standard InChI is InChI=1S/C15H13ClO6.C2H6/c16-5-1-2-6-7(3-5)9(17)4-8(6)10-11(18)13(20)15(22)14(21)12(10)19;1-2/h1-3,8-9,17-22H,4H2;1-2H3/t8-,9?;/m1./s1. The van der Waals surface area contributed by atoms with Gasteiger partial charge in [-0.2, -0.15) is 0 Å². The lowest BCUT2D eigenvalue weighted by Gasteiger charge is -2.18. The molecule has 130 valence electrons. The number of hydrogen-bond acceptors (Lipinski definition) is 6. The van der Waals surface area contributed by atoms with Gasteiger partial charge in [-0.3, -0.25) is 0 Å². The van der Waals surface area contributed by atoms with Crippen molar-refractivity contribution in [2.45, 2.75) is 32.3 Å². The van der Waals surface area contributed by atoms with Crippen LogP contribution in [-0.4, -0.2) is 30.6 Å². The second kappa shape index (κ2) is 6.67. The number of aromatic hydroxyl groups is 5. The number of halogens is 1. The van der Waals surface area contributed by atoms with Crippen LogP contribution in [0.5, 0.6) is 28.7 Å². The van der Waals surface area contributed by atoms with Crippen LogP contribution in [-0.2, 0) is 0 Å². The van der Waals surface area contributed by atoms with Crippen molar-refractivity contribution in [2.24, 2.45) is 0 Å². The molecule has 0 saturated carbocycles. The van der Waals surface area contributed by atoms with Crippen molar-refractivity contribution in [2.75, 3.05) is 0 Å². The molecule has 0 saturated heterocycles. The molecule has 6 nitrogen and oxygen atoms in total. The number of aliphatic hydroxyl groups is 1. The number of fused-ring (bicyclic) bond motifs is 1. The van der Waals surface area contributed by atoms with E-state index in [2.05, 4.69) is 0 Å². The number of phenolic OH excluding ortho intramolecular Hbond substituents is 5. The van der Waals surface area contributed by atoms with E-state index in [4.69, 9.17) is 11.6 Å². The van der Waals surface area contributed by atoms with E-state index >= 15 is 0 Å². The molecular weight excluding hydrogens is 336 g/mol. The summed E-state index contributed by atoms with van der Waals surface area (Å²) >= 11 is 5.89. The number of hydrogen-bond donors (Lipinski definition) is 6. The molecule has 2 aromatic carbocycles. The third-order valence-corrected chi connectivity index (χ3v) is 4.23. The quantitative estimate of drug-likeness (QED) is 0.344. The van der Waals surface area contributed by atoms with Gasteiger partial charge < -0.3 is 30.6 Å².